The molecule has 1 atom stereocenters. The van der Waals surface area contributed by atoms with Crippen LogP contribution in [0.4, 0.5) is 5.69 Å². The van der Waals surface area contributed by atoms with E-state index < -0.39 is 5.97 Å². The summed E-state index contributed by atoms with van der Waals surface area (Å²) in [7, 11) is 0. The van der Waals surface area contributed by atoms with Crippen LogP contribution in [0.1, 0.15) is 45.1 Å². The normalized spacial score (nSPS) is 20.2. The fourth-order valence-electron chi connectivity index (χ4n) is 3.10. The predicted octanol–water partition coefficient (Wildman–Crippen LogP) is 3.47. The summed E-state index contributed by atoms with van der Waals surface area (Å²) in [4.78, 5) is 23.0. The molecule has 0 heterocycles. The molecule has 1 saturated carbocycles. The van der Waals surface area contributed by atoms with Crippen molar-refractivity contribution in [3.05, 3.63) is 29.8 Å². The molecule has 0 saturated heterocycles. The van der Waals surface area contributed by atoms with Gasteiger partial charge in [-0.3, -0.25) is 9.59 Å². The van der Waals surface area contributed by atoms with Crippen molar-refractivity contribution in [2.75, 3.05) is 5.32 Å². The number of rotatable bonds is 5. The Morgan fingerprint density at radius 2 is 2.14 bits per heavy atom. The number of benzene rings is 1. The second kappa shape index (κ2) is 6.29. The van der Waals surface area contributed by atoms with Gasteiger partial charge in [0.2, 0.25) is 5.91 Å². The molecular formula is C17H23NO3. The number of carboxylic acids is 1. The van der Waals surface area contributed by atoms with Gasteiger partial charge >= 0.3 is 5.97 Å². The highest BCUT2D eigenvalue weighted by molar-refractivity contribution is 5.93. The Balaban J connectivity index is 2.01. The number of aryl methyl sites for hydroxylation is 1. The van der Waals surface area contributed by atoms with E-state index in [1.807, 2.05) is 24.3 Å². The number of hydrogen-bond donors (Lipinski definition) is 2. The van der Waals surface area contributed by atoms with Crippen molar-refractivity contribution < 1.29 is 14.7 Å². The van der Waals surface area contributed by atoms with E-state index in [9.17, 15) is 9.59 Å². The molecule has 1 aromatic carbocycles. The lowest BCUT2D eigenvalue weighted by Gasteiger charge is -2.25. The molecule has 2 N–H and O–H groups in total. The lowest BCUT2D eigenvalue weighted by Crippen LogP contribution is -2.30. The van der Waals surface area contributed by atoms with Gasteiger partial charge in [0, 0.05) is 18.0 Å². The van der Waals surface area contributed by atoms with Crippen molar-refractivity contribution in [2.45, 2.75) is 46.0 Å². The molecule has 1 fully saturated rings. The monoisotopic (exact) mass is 289 g/mol. The van der Waals surface area contributed by atoms with Gasteiger partial charge in [0.1, 0.15) is 0 Å². The first kappa shape index (κ1) is 15.5. The van der Waals surface area contributed by atoms with Gasteiger partial charge in [0.05, 0.1) is 0 Å². The summed E-state index contributed by atoms with van der Waals surface area (Å²) < 4.78 is 0. The third-order valence-electron chi connectivity index (χ3n) is 4.40. The predicted molar refractivity (Wildman–Crippen MR) is 82.2 cm³/mol. The minimum Gasteiger partial charge on any atom is -0.481 e. The van der Waals surface area contributed by atoms with Crippen LogP contribution >= 0.6 is 0 Å². The maximum Gasteiger partial charge on any atom is 0.303 e. The van der Waals surface area contributed by atoms with Crippen molar-refractivity contribution in [2.24, 2.45) is 11.3 Å². The Kier molecular flexibility index (Phi) is 4.66. The van der Waals surface area contributed by atoms with Crippen LogP contribution in [0.3, 0.4) is 0 Å². The number of nitrogens with one attached hydrogen (secondary N) is 1. The van der Waals surface area contributed by atoms with Crippen LogP contribution < -0.4 is 5.32 Å². The van der Waals surface area contributed by atoms with Crippen molar-refractivity contribution in [1.82, 2.24) is 0 Å². The average molecular weight is 289 g/mol. The molecule has 21 heavy (non-hydrogen) atoms. The smallest absolute Gasteiger partial charge is 0.303 e. The molecule has 1 amide bonds. The Morgan fingerprint density at radius 3 is 2.76 bits per heavy atom. The summed E-state index contributed by atoms with van der Waals surface area (Å²) in [6, 6.07) is 7.46. The quantitative estimate of drug-likeness (QED) is 0.872. The fraction of sp³-hybridized carbons (Fsp3) is 0.529. The second-order valence-electron chi connectivity index (χ2n) is 6.52. The standard InChI is InChI=1S/C17H23NO3/c1-17(2)10-4-7-14(17)16(21)18-13-6-3-5-12(11-13)8-9-15(19)20/h3,5-6,11,14H,4,7-10H2,1-2H3,(H,18,21)(H,19,20). The highest BCUT2D eigenvalue weighted by Gasteiger charge is 2.39. The zero-order valence-electron chi connectivity index (χ0n) is 12.7. The summed E-state index contributed by atoms with van der Waals surface area (Å²) in [5.41, 5.74) is 1.75. The van der Waals surface area contributed by atoms with Crippen LogP contribution in [0.2, 0.25) is 0 Å². The minimum absolute atomic E-state index is 0.0557. The number of carboxylic acid groups (broad SMARTS) is 1. The summed E-state index contributed by atoms with van der Waals surface area (Å²) in [6.07, 6.45) is 3.71. The van der Waals surface area contributed by atoms with Gasteiger partial charge in [-0.2, -0.15) is 0 Å². The topological polar surface area (TPSA) is 66.4 Å². The summed E-state index contributed by atoms with van der Waals surface area (Å²) in [5, 5.41) is 11.7. The van der Waals surface area contributed by atoms with Gasteiger partial charge in [-0.1, -0.05) is 32.4 Å². The van der Waals surface area contributed by atoms with E-state index in [1.165, 1.54) is 0 Å². The van der Waals surface area contributed by atoms with E-state index in [-0.39, 0.29) is 23.7 Å². The molecule has 0 spiro atoms. The molecule has 114 valence electrons. The molecule has 0 aromatic heterocycles. The summed E-state index contributed by atoms with van der Waals surface area (Å²) >= 11 is 0. The Labute approximate surface area is 125 Å². The van der Waals surface area contributed by atoms with Crippen LogP contribution in [0, 0.1) is 11.3 Å². The Morgan fingerprint density at radius 1 is 1.38 bits per heavy atom. The molecule has 1 aliphatic rings. The van der Waals surface area contributed by atoms with E-state index in [1.54, 1.807) is 0 Å². The maximum atomic E-state index is 12.4. The Hall–Kier alpha value is -1.84. The number of carbonyl (C=O) groups is 2. The van der Waals surface area contributed by atoms with Crippen molar-refractivity contribution in [3.63, 3.8) is 0 Å². The van der Waals surface area contributed by atoms with E-state index in [4.69, 9.17) is 5.11 Å². The molecule has 0 aliphatic heterocycles. The number of carbonyl (C=O) groups excluding carboxylic acids is 1. The van der Waals surface area contributed by atoms with Crippen LogP contribution in [-0.4, -0.2) is 17.0 Å². The third-order valence-corrected chi connectivity index (χ3v) is 4.40. The average Bonchev–Trinajstić information content (AvgIpc) is 2.76. The zero-order chi connectivity index (χ0) is 15.5. The molecule has 0 bridgehead atoms. The third kappa shape index (κ3) is 4.06. The number of hydrogen-bond acceptors (Lipinski definition) is 2. The maximum absolute atomic E-state index is 12.4. The molecule has 4 heteroatoms. The van der Waals surface area contributed by atoms with E-state index >= 15 is 0 Å². The van der Waals surface area contributed by atoms with Crippen molar-refractivity contribution >= 4 is 17.6 Å². The van der Waals surface area contributed by atoms with E-state index in [2.05, 4.69) is 19.2 Å². The first-order valence-electron chi connectivity index (χ1n) is 7.50. The highest BCUT2D eigenvalue weighted by Crippen LogP contribution is 2.43. The van der Waals surface area contributed by atoms with Gasteiger partial charge in [0.25, 0.3) is 0 Å². The lowest BCUT2D eigenvalue weighted by atomic mass is 9.81. The Bertz CT molecular complexity index is 537. The SMILES string of the molecule is CC1(C)CCCC1C(=O)Nc1cccc(CCC(=O)O)c1. The van der Waals surface area contributed by atoms with Gasteiger partial charge < -0.3 is 10.4 Å². The van der Waals surface area contributed by atoms with Crippen LogP contribution in [-0.2, 0) is 16.0 Å². The fourth-order valence-corrected chi connectivity index (χ4v) is 3.10. The first-order chi connectivity index (χ1) is 9.88. The summed E-state index contributed by atoms with van der Waals surface area (Å²) in [6.45, 7) is 4.29. The van der Waals surface area contributed by atoms with Gasteiger partial charge in [-0.25, -0.2) is 0 Å². The first-order valence-corrected chi connectivity index (χ1v) is 7.50. The van der Waals surface area contributed by atoms with Crippen LogP contribution in [0.25, 0.3) is 0 Å². The molecular weight excluding hydrogens is 266 g/mol. The highest BCUT2D eigenvalue weighted by atomic mass is 16.4. The number of aliphatic carboxylic acids is 1. The number of amides is 1. The second-order valence-corrected chi connectivity index (χ2v) is 6.52. The van der Waals surface area contributed by atoms with E-state index in [0.717, 1.165) is 30.5 Å². The number of anilines is 1. The molecule has 2 rings (SSSR count). The summed E-state index contributed by atoms with van der Waals surface area (Å²) in [5.74, 6) is -0.676. The molecule has 4 nitrogen and oxygen atoms in total. The van der Waals surface area contributed by atoms with Crippen molar-refractivity contribution in [1.29, 1.82) is 0 Å². The molecule has 0 radical (unpaired) electrons. The molecule has 1 aliphatic carbocycles. The van der Waals surface area contributed by atoms with Crippen LogP contribution in [0.5, 0.6) is 0 Å². The van der Waals surface area contributed by atoms with Crippen LogP contribution in [0.15, 0.2) is 24.3 Å². The zero-order valence-corrected chi connectivity index (χ0v) is 12.7. The molecule has 1 aromatic rings. The lowest BCUT2D eigenvalue weighted by molar-refractivity contribution is -0.137. The van der Waals surface area contributed by atoms with Gasteiger partial charge in [-0.15, -0.1) is 0 Å². The molecule has 1 unspecified atom stereocenters. The van der Waals surface area contributed by atoms with E-state index in [0.29, 0.717) is 6.42 Å². The van der Waals surface area contributed by atoms with Gasteiger partial charge in [-0.05, 0) is 42.4 Å². The van der Waals surface area contributed by atoms with Crippen molar-refractivity contribution in [3.8, 4) is 0 Å². The minimum atomic E-state index is -0.808. The largest absolute Gasteiger partial charge is 0.481 e. The van der Waals surface area contributed by atoms with Gasteiger partial charge in [0.15, 0.2) is 0 Å².